The monoisotopic (exact) mass is 299 g/mol. The van der Waals surface area contributed by atoms with Crippen molar-refractivity contribution in [2.45, 2.75) is 64.1 Å². The van der Waals surface area contributed by atoms with Crippen molar-refractivity contribution < 1.29 is 9.53 Å². The van der Waals surface area contributed by atoms with Crippen molar-refractivity contribution in [2.75, 3.05) is 6.54 Å². The van der Waals surface area contributed by atoms with Gasteiger partial charge in [0.1, 0.15) is 6.10 Å². The number of ether oxygens (including phenoxy) is 1. The van der Waals surface area contributed by atoms with Crippen molar-refractivity contribution >= 4 is 5.97 Å². The SMILES string of the molecule is Cc1cc(C)cc(C(=O)OC2CC3CC4CCN3C(C4)C2)c1. The lowest BCUT2D eigenvalue weighted by Crippen LogP contribution is -2.59. The Morgan fingerprint density at radius 3 is 2.27 bits per heavy atom. The Bertz CT molecular complexity index is 561. The second-order valence-corrected chi connectivity index (χ2v) is 7.55. The van der Waals surface area contributed by atoms with E-state index in [0.717, 1.165) is 29.9 Å². The fourth-order valence-corrected chi connectivity index (χ4v) is 4.94. The van der Waals surface area contributed by atoms with Gasteiger partial charge in [-0.1, -0.05) is 17.2 Å². The molecule has 22 heavy (non-hydrogen) atoms. The van der Waals surface area contributed by atoms with E-state index in [2.05, 4.69) is 11.0 Å². The van der Waals surface area contributed by atoms with Crippen LogP contribution in [0.5, 0.6) is 0 Å². The molecule has 5 rings (SSSR count). The zero-order valence-corrected chi connectivity index (χ0v) is 13.5. The Hall–Kier alpha value is -1.35. The minimum atomic E-state index is -0.142. The molecule has 4 aliphatic heterocycles. The summed E-state index contributed by atoms with van der Waals surface area (Å²) in [5, 5.41) is 0. The maximum atomic E-state index is 12.5. The quantitative estimate of drug-likeness (QED) is 0.783. The Kier molecular flexibility index (Phi) is 3.48. The number of benzene rings is 1. The van der Waals surface area contributed by atoms with Gasteiger partial charge in [0, 0.05) is 24.9 Å². The molecule has 0 radical (unpaired) electrons. The van der Waals surface area contributed by atoms with Crippen LogP contribution in [0.2, 0.25) is 0 Å². The Morgan fingerprint density at radius 2 is 1.68 bits per heavy atom. The second kappa shape index (κ2) is 5.38. The van der Waals surface area contributed by atoms with E-state index in [1.165, 1.54) is 25.8 Å². The molecular formula is C19H25NO2. The predicted octanol–water partition coefficient (Wildman–Crippen LogP) is 3.48. The van der Waals surface area contributed by atoms with Crippen LogP contribution in [0.4, 0.5) is 0 Å². The van der Waals surface area contributed by atoms with E-state index in [0.29, 0.717) is 17.6 Å². The normalized spacial score (nSPS) is 36.2. The number of hydrogen-bond donors (Lipinski definition) is 0. The third-order valence-electron chi connectivity index (χ3n) is 5.75. The molecule has 2 atom stereocenters. The van der Waals surface area contributed by atoms with Gasteiger partial charge in [-0.2, -0.15) is 0 Å². The number of aryl methyl sites for hydroxylation is 2. The largest absolute Gasteiger partial charge is 0.459 e. The summed E-state index contributed by atoms with van der Waals surface area (Å²) in [6, 6.07) is 7.27. The molecule has 0 aromatic heterocycles. The van der Waals surface area contributed by atoms with Crippen molar-refractivity contribution in [3.05, 3.63) is 34.9 Å². The molecule has 4 bridgehead atoms. The summed E-state index contributed by atoms with van der Waals surface area (Å²) < 4.78 is 5.87. The van der Waals surface area contributed by atoms with Gasteiger partial charge in [-0.05, 0) is 57.7 Å². The molecule has 4 saturated heterocycles. The van der Waals surface area contributed by atoms with Crippen LogP contribution < -0.4 is 0 Å². The van der Waals surface area contributed by atoms with E-state index in [1.54, 1.807) is 0 Å². The molecule has 4 aliphatic rings. The number of piperidine rings is 4. The fraction of sp³-hybridized carbons (Fsp3) is 0.632. The summed E-state index contributed by atoms with van der Waals surface area (Å²) in [5.41, 5.74) is 2.95. The highest BCUT2D eigenvalue weighted by atomic mass is 16.5. The van der Waals surface area contributed by atoms with Crippen molar-refractivity contribution in [3.63, 3.8) is 0 Å². The van der Waals surface area contributed by atoms with Crippen LogP contribution in [0.3, 0.4) is 0 Å². The molecule has 4 heterocycles. The first kappa shape index (κ1) is 14.3. The number of carbonyl (C=O) groups excluding carboxylic acids is 1. The molecule has 0 N–H and O–H groups in total. The minimum absolute atomic E-state index is 0.110. The number of hydrogen-bond acceptors (Lipinski definition) is 3. The van der Waals surface area contributed by atoms with Gasteiger partial charge in [0.25, 0.3) is 0 Å². The average Bonchev–Trinajstić information content (AvgIpc) is 2.46. The van der Waals surface area contributed by atoms with Crippen molar-refractivity contribution in [3.8, 4) is 0 Å². The minimum Gasteiger partial charge on any atom is -0.459 e. The van der Waals surface area contributed by atoms with Crippen molar-refractivity contribution in [1.82, 2.24) is 4.90 Å². The van der Waals surface area contributed by atoms with Crippen LogP contribution in [-0.4, -0.2) is 35.6 Å². The third-order valence-corrected chi connectivity index (χ3v) is 5.75. The van der Waals surface area contributed by atoms with E-state index in [1.807, 2.05) is 26.0 Å². The number of rotatable bonds is 2. The van der Waals surface area contributed by atoms with E-state index in [-0.39, 0.29) is 12.1 Å². The Balaban J connectivity index is 1.44. The highest BCUT2D eigenvalue weighted by molar-refractivity contribution is 5.90. The van der Waals surface area contributed by atoms with Crippen LogP contribution in [-0.2, 0) is 4.74 Å². The molecule has 0 amide bonds. The van der Waals surface area contributed by atoms with Gasteiger partial charge < -0.3 is 4.74 Å². The van der Waals surface area contributed by atoms with Gasteiger partial charge in [-0.15, -0.1) is 0 Å². The summed E-state index contributed by atoms with van der Waals surface area (Å²) in [6.45, 7) is 5.31. The number of nitrogens with zero attached hydrogens (tertiary/aromatic N) is 1. The van der Waals surface area contributed by atoms with Gasteiger partial charge in [0.05, 0.1) is 5.56 Å². The second-order valence-electron chi connectivity index (χ2n) is 7.55. The topological polar surface area (TPSA) is 29.5 Å². The van der Waals surface area contributed by atoms with E-state index < -0.39 is 0 Å². The molecule has 1 aromatic carbocycles. The van der Waals surface area contributed by atoms with Crippen molar-refractivity contribution in [1.29, 1.82) is 0 Å². The first-order valence-corrected chi connectivity index (χ1v) is 8.63. The lowest BCUT2D eigenvalue weighted by Gasteiger charge is -2.55. The Labute approximate surface area is 132 Å². The summed E-state index contributed by atoms with van der Waals surface area (Å²) in [4.78, 5) is 15.1. The zero-order valence-electron chi connectivity index (χ0n) is 13.5. The molecular weight excluding hydrogens is 274 g/mol. The van der Waals surface area contributed by atoms with Crippen LogP contribution in [0, 0.1) is 19.8 Å². The van der Waals surface area contributed by atoms with Gasteiger partial charge >= 0.3 is 5.97 Å². The maximum Gasteiger partial charge on any atom is 0.338 e. The summed E-state index contributed by atoms with van der Waals surface area (Å²) in [7, 11) is 0. The van der Waals surface area contributed by atoms with Crippen LogP contribution in [0.15, 0.2) is 18.2 Å². The van der Waals surface area contributed by atoms with Crippen LogP contribution in [0.1, 0.15) is 53.6 Å². The van der Waals surface area contributed by atoms with Crippen molar-refractivity contribution in [2.24, 2.45) is 5.92 Å². The molecule has 118 valence electrons. The molecule has 0 aliphatic carbocycles. The fourth-order valence-electron chi connectivity index (χ4n) is 4.94. The molecule has 3 nitrogen and oxygen atoms in total. The molecule has 3 heteroatoms. The first-order chi connectivity index (χ1) is 10.6. The zero-order chi connectivity index (χ0) is 15.3. The van der Waals surface area contributed by atoms with Gasteiger partial charge in [0.15, 0.2) is 0 Å². The van der Waals surface area contributed by atoms with E-state index >= 15 is 0 Å². The molecule has 0 saturated carbocycles. The maximum absolute atomic E-state index is 12.5. The smallest absolute Gasteiger partial charge is 0.338 e. The lowest BCUT2D eigenvalue weighted by molar-refractivity contribution is -0.0822. The highest BCUT2D eigenvalue weighted by Gasteiger charge is 2.45. The summed E-state index contributed by atoms with van der Waals surface area (Å²) >= 11 is 0. The number of fused-ring (bicyclic) bond motifs is 1. The highest BCUT2D eigenvalue weighted by Crippen LogP contribution is 2.43. The standard InChI is InChI=1S/C19H25NO2/c1-12-5-13(2)7-15(6-12)19(21)22-18-10-16-8-14-3-4-20(16)17(9-14)11-18/h5-7,14,16-18H,3-4,8-11H2,1-2H3. The van der Waals surface area contributed by atoms with E-state index in [4.69, 9.17) is 4.74 Å². The number of esters is 1. The molecule has 2 unspecified atom stereocenters. The molecule has 0 spiro atoms. The molecule has 1 aromatic rings. The summed E-state index contributed by atoms with van der Waals surface area (Å²) in [6.07, 6.45) is 6.17. The Morgan fingerprint density at radius 1 is 1.05 bits per heavy atom. The predicted molar refractivity (Wildman–Crippen MR) is 86.0 cm³/mol. The van der Waals surface area contributed by atoms with Gasteiger partial charge in [-0.25, -0.2) is 4.79 Å². The molecule has 4 fully saturated rings. The summed E-state index contributed by atoms with van der Waals surface area (Å²) in [5.74, 6) is 0.785. The van der Waals surface area contributed by atoms with Gasteiger partial charge in [-0.3, -0.25) is 4.90 Å². The van der Waals surface area contributed by atoms with Crippen LogP contribution >= 0.6 is 0 Å². The van der Waals surface area contributed by atoms with Crippen LogP contribution in [0.25, 0.3) is 0 Å². The lowest BCUT2D eigenvalue weighted by atomic mass is 9.72. The third kappa shape index (κ3) is 2.56. The van der Waals surface area contributed by atoms with E-state index in [9.17, 15) is 4.79 Å². The first-order valence-electron chi connectivity index (χ1n) is 8.63. The average molecular weight is 299 g/mol. The van der Waals surface area contributed by atoms with Gasteiger partial charge in [0.2, 0.25) is 0 Å². The number of carbonyl (C=O) groups is 1.